The number of hydrogen-bond donors (Lipinski definition) is 2. The molecule has 0 amide bonds. The molecule has 20 heavy (non-hydrogen) atoms. The minimum Gasteiger partial charge on any atom is -0.393 e. The van der Waals surface area contributed by atoms with Gasteiger partial charge in [0.1, 0.15) is 12.0 Å². The summed E-state index contributed by atoms with van der Waals surface area (Å²) in [6.45, 7) is 5.53. The summed E-state index contributed by atoms with van der Waals surface area (Å²) >= 11 is 0. The molecule has 0 atom stereocenters. The summed E-state index contributed by atoms with van der Waals surface area (Å²) < 4.78 is 10.3. The first kappa shape index (κ1) is 16.5. The lowest BCUT2D eigenvalue weighted by atomic mass is 10.3. The molecule has 0 fully saturated rings. The number of nitrogens with one attached hydrogen (secondary N) is 1. The van der Waals surface area contributed by atoms with E-state index in [1.807, 2.05) is 4.90 Å². The molecule has 0 aliphatic rings. The Morgan fingerprint density at radius 2 is 1.85 bits per heavy atom. The number of ether oxygens (including phenoxy) is 2. The van der Waals surface area contributed by atoms with Gasteiger partial charge in [0, 0.05) is 33.9 Å². The average molecular weight is 283 g/mol. The molecule has 0 aromatic carbocycles. The standard InChI is InChI=1S/C13H25N5O2/c1-4-5-15-12-11(14)13(17-10-16-12)18(6-8-19-2)7-9-20-3/h10H,4-9,14H2,1-3H3,(H,15,16,17). The van der Waals surface area contributed by atoms with Crippen LogP contribution < -0.4 is 16.0 Å². The summed E-state index contributed by atoms with van der Waals surface area (Å²) in [6, 6.07) is 0. The quantitative estimate of drug-likeness (QED) is 0.662. The first-order valence-corrected chi connectivity index (χ1v) is 6.81. The Morgan fingerprint density at radius 1 is 1.20 bits per heavy atom. The molecular formula is C13H25N5O2. The van der Waals surface area contributed by atoms with Crippen LogP contribution in [0.4, 0.5) is 17.3 Å². The maximum absolute atomic E-state index is 6.16. The van der Waals surface area contributed by atoms with Crippen LogP contribution in [-0.4, -0.2) is 57.0 Å². The number of aromatic nitrogens is 2. The van der Waals surface area contributed by atoms with Crippen LogP contribution >= 0.6 is 0 Å². The van der Waals surface area contributed by atoms with Crippen molar-refractivity contribution in [3.63, 3.8) is 0 Å². The Morgan fingerprint density at radius 3 is 2.40 bits per heavy atom. The van der Waals surface area contributed by atoms with Crippen molar-refractivity contribution in [2.75, 3.05) is 63.0 Å². The molecule has 1 rings (SSSR count). The van der Waals surface area contributed by atoms with Gasteiger partial charge in [-0.15, -0.1) is 0 Å². The molecule has 1 aromatic rings. The molecular weight excluding hydrogens is 258 g/mol. The third kappa shape index (κ3) is 4.82. The highest BCUT2D eigenvalue weighted by atomic mass is 16.5. The van der Waals surface area contributed by atoms with Gasteiger partial charge in [0.25, 0.3) is 0 Å². The lowest BCUT2D eigenvalue weighted by molar-refractivity contribution is 0.190. The van der Waals surface area contributed by atoms with E-state index in [1.165, 1.54) is 6.33 Å². The molecule has 7 nitrogen and oxygen atoms in total. The van der Waals surface area contributed by atoms with E-state index >= 15 is 0 Å². The summed E-state index contributed by atoms with van der Waals surface area (Å²) in [5.74, 6) is 1.39. The molecule has 0 saturated heterocycles. The minimum absolute atomic E-state index is 0.563. The van der Waals surface area contributed by atoms with Gasteiger partial charge in [-0.05, 0) is 6.42 Å². The van der Waals surface area contributed by atoms with Crippen LogP contribution in [0.1, 0.15) is 13.3 Å². The van der Waals surface area contributed by atoms with Crippen molar-refractivity contribution in [2.24, 2.45) is 0 Å². The molecule has 0 saturated carbocycles. The van der Waals surface area contributed by atoms with Crippen molar-refractivity contribution in [1.82, 2.24) is 9.97 Å². The summed E-state index contributed by atoms with van der Waals surface area (Å²) in [4.78, 5) is 10.5. The van der Waals surface area contributed by atoms with E-state index in [9.17, 15) is 0 Å². The molecule has 0 aliphatic heterocycles. The summed E-state index contributed by atoms with van der Waals surface area (Å²) in [5.41, 5.74) is 6.72. The van der Waals surface area contributed by atoms with Gasteiger partial charge in [0.2, 0.25) is 0 Å². The third-order valence-electron chi connectivity index (χ3n) is 2.84. The highest BCUT2D eigenvalue weighted by Crippen LogP contribution is 2.25. The van der Waals surface area contributed by atoms with Crippen molar-refractivity contribution in [1.29, 1.82) is 0 Å². The average Bonchev–Trinajstić information content (AvgIpc) is 2.47. The van der Waals surface area contributed by atoms with Crippen molar-refractivity contribution in [3.05, 3.63) is 6.33 Å². The normalized spacial score (nSPS) is 10.6. The lowest BCUT2D eigenvalue weighted by Gasteiger charge is -2.25. The summed E-state index contributed by atoms with van der Waals surface area (Å²) in [6.07, 6.45) is 2.53. The zero-order valence-electron chi connectivity index (χ0n) is 12.6. The van der Waals surface area contributed by atoms with Crippen molar-refractivity contribution in [2.45, 2.75) is 13.3 Å². The SMILES string of the molecule is CCCNc1ncnc(N(CCOC)CCOC)c1N. The summed E-state index contributed by atoms with van der Waals surface area (Å²) in [7, 11) is 3.35. The number of rotatable bonds is 10. The molecule has 3 N–H and O–H groups in total. The van der Waals surface area contributed by atoms with E-state index in [4.69, 9.17) is 15.2 Å². The maximum atomic E-state index is 6.16. The Bertz CT molecular complexity index is 381. The molecule has 0 unspecified atom stereocenters. The largest absolute Gasteiger partial charge is 0.393 e. The first-order valence-electron chi connectivity index (χ1n) is 6.81. The maximum Gasteiger partial charge on any atom is 0.157 e. The molecule has 0 radical (unpaired) electrons. The first-order chi connectivity index (χ1) is 9.74. The van der Waals surface area contributed by atoms with Crippen molar-refractivity contribution < 1.29 is 9.47 Å². The Hall–Kier alpha value is -1.60. The van der Waals surface area contributed by atoms with Crippen LogP contribution in [0.2, 0.25) is 0 Å². The fourth-order valence-electron chi connectivity index (χ4n) is 1.75. The number of hydrogen-bond acceptors (Lipinski definition) is 7. The predicted octanol–water partition coefficient (Wildman–Crippen LogP) is 0.980. The molecule has 1 heterocycles. The smallest absolute Gasteiger partial charge is 0.157 e. The molecule has 114 valence electrons. The van der Waals surface area contributed by atoms with Crippen LogP contribution in [0.15, 0.2) is 6.33 Å². The number of nitrogens with two attached hydrogens (primary N) is 1. The second-order valence-electron chi connectivity index (χ2n) is 4.36. The summed E-state index contributed by atoms with van der Waals surface area (Å²) in [5, 5.41) is 3.20. The topological polar surface area (TPSA) is 85.5 Å². The van der Waals surface area contributed by atoms with Gasteiger partial charge >= 0.3 is 0 Å². The van der Waals surface area contributed by atoms with Gasteiger partial charge in [-0.1, -0.05) is 6.92 Å². The van der Waals surface area contributed by atoms with Gasteiger partial charge in [0.15, 0.2) is 11.6 Å². The van der Waals surface area contributed by atoms with Gasteiger partial charge in [-0.25, -0.2) is 9.97 Å². The fraction of sp³-hybridized carbons (Fsp3) is 0.692. The van der Waals surface area contributed by atoms with Gasteiger partial charge in [-0.2, -0.15) is 0 Å². The monoisotopic (exact) mass is 283 g/mol. The van der Waals surface area contributed by atoms with E-state index in [-0.39, 0.29) is 0 Å². The minimum atomic E-state index is 0.563. The Kier molecular flexibility index (Phi) is 7.67. The number of nitrogens with zero attached hydrogens (tertiary/aromatic N) is 3. The van der Waals surface area contributed by atoms with E-state index in [2.05, 4.69) is 22.2 Å². The van der Waals surface area contributed by atoms with Crippen LogP contribution in [0.25, 0.3) is 0 Å². The van der Waals surface area contributed by atoms with E-state index < -0.39 is 0 Å². The molecule has 0 bridgehead atoms. The Labute approximate surface area is 120 Å². The van der Waals surface area contributed by atoms with Crippen molar-refractivity contribution in [3.8, 4) is 0 Å². The highest BCUT2D eigenvalue weighted by molar-refractivity contribution is 5.74. The predicted molar refractivity (Wildman–Crippen MR) is 81.2 cm³/mol. The van der Waals surface area contributed by atoms with E-state index in [0.29, 0.717) is 43.6 Å². The second kappa shape index (κ2) is 9.33. The van der Waals surface area contributed by atoms with Gasteiger partial charge in [0.05, 0.1) is 13.2 Å². The number of anilines is 3. The van der Waals surface area contributed by atoms with Crippen molar-refractivity contribution >= 4 is 17.3 Å². The molecule has 7 heteroatoms. The third-order valence-corrected chi connectivity index (χ3v) is 2.84. The zero-order valence-corrected chi connectivity index (χ0v) is 12.6. The van der Waals surface area contributed by atoms with Crippen LogP contribution in [0.3, 0.4) is 0 Å². The molecule has 0 spiro atoms. The van der Waals surface area contributed by atoms with E-state index in [1.54, 1.807) is 14.2 Å². The second-order valence-corrected chi connectivity index (χ2v) is 4.36. The van der Waals surface area contributed by atoms with Crippen LogP contribution in [0, 0.1) is 0 Å². The lowest BCUT2D eigenvalue weighted by Crippen LogP contribution is -2.32. The van der Waals surface area contributed by atoms with Gasteiger partial charge in [-0.3, -0.25) is 0 Å². The fourth-order valence-corrected chi connectivity index (χ4v) is 1.75. The van der Waals surface area contributed by atoms with Crippen LogP contribution in [0.5, 0.6) is 0 Å². The number of methoxy groups -OCH3 is 2. The highest BCUT2D eigenvalue weighted by Gasteiger charge is 2.14. The van der Waals surface area contributed by atoms with Crippen LogP contribution in [-0.2, 0) is 9.47 Å². The number of nitrogen functional groups attached to an aromatic ring is 1. The molecule has 1 aromatic heterocycles. The Balaban J connectivity index is 2.87. The van der Waals surface area contributed by atoms with Gasteiger partial charge < -0.3 is 25.4 Å². The zero-order chi connectivity index (χ0) is 14.8. The molecule has 0 aliphatic carbocycles. The van der Waals surface area contributed by atoms with E-state index in [0.717, 1.165) is 13.0 Å².